The van der Waals surface area contributed by atoms with Crippen LogP contribution in [0.1, 0.15) is 99.5 Å². The minimum absolute atomic E-state index is 0.00972. The molecule has 0 aliphatic carbocycles. The molecule has 4 unspecified atom stereocenters. The molecule has 1 N–H and O–H groups in total. The highest BCUT2D eigenvalue weighted by molar-refractivity contribution is 6.02. The van der Waals surface area contributed by atoms with Crippen molar-refractivity contribution in [1.82, 2.24) is 30.2 Å². The number of nitrogens with one attached hydrogen (secondary N) is 1. The van der Waals surface area contributed by atoms with E-state index in [1.165, 1.54) is 13.1 Å². The number of nitriles is 1. The molecule has 1 amide bonds. The summed E-state index contributed by atoms with van der Waals surface area (Å²) in [5, 5.41) is 14.7. The minimum Gasteiger partial charge on any atom is -0.472 e. The maximum Gasteiger partial charge on any atom is 0.417 e. The molecule has 358 valence electrons. The van der Waals surface area contributed by atoms with Gasteiger partial charge in [-0.25, -0.2) is 33.5 Å². The van der Waals surface area contributed by atoms with Crippen LogP contribution in [-0.2, 0) is 10.9 Å². The molecule has 0 spiro atoms. The fourth-order valence-electron chi connectivity index (χ4n) is 11.8. The lowest BCUT2D eigenvalue weighted by Crippen LogP contribution is -2.65. The predicted molar refractivity (Wildman–Crippen MR) is 245 cm³/mol. The van der Waals surface area contributed by atoms with Gasteiger partial charge in [0.05, 0.1) is 58.3 Å². The number of hydrogen-bond acceptors (Lipinski definition) is 12. The van der Waals surface area contributed by atoms with Gasteiger partial charge in [0, 0.05) is 52.9 Å². The molecule has 4 fully saturated rings. The third-order valence-electron chi connectivity index (χ3n) is 14.8. The van der Waals surface area contributed by atoms with Crippen molar-refractivity contribution >= 4 is 39.3 Å². The van der Waals surface area contributed by atoms with Gasteiger partial charge >= 0.3 is 12.3 Å². The number of piperazine rings is 2. The summed E-state index contributed by atoms with van der Waals surface area (Å²) in [4.78, 5) is 37.7. The average molecular weight is 940 g/mol. The Morgan fingerprint density at radius 3 is 2.12 bits per heavy atom. The van der Waals surface area contributed by atoms with E-state index < -0.39 is 34.4 Å². The third-order valence-corrected chi connectivity index (χ3v) is 14.8. The number of aryl methyl sites for hydroxylation is 5. The first-order chi connectivity index (χ1) is 32.1. The number of benzene rings is 1. The van der Waals surface area contributed by atoms with E-state index in [2.05, 4.69) is 25.1 Å². The van der Waals surface area contributed by atoms with Crippen LogP contribution >= 0.6 is 0 Å². The predicted octanol–water partition coefficient (Wildman–Crippen LogP) is 9.47. The summed E-state index contributed by atoms with van der Waals surface area (Å²) in [6.07, 6.45) is -0.729. The van der Waals surface area contributed by atoms with E-state index >= 15 is 4.39 Å². The first-order valence-electron chi connectivity index (χ1n) is 23.3. The Labute approximate surface area is 391 Å². The quantitative estimate of drug-likeness (QED) is 0.160. The smallest absolute Gasteiger partial charge is 0.417 e. The normalized spacial score (nSPS) is 25.6. The molecule has 0 radical (unpaired) electrons. The number of fused-ring (bicyclic) bond motifs is 10. The highest BCUT2D eigenvalue weighted by Gasteiger charge is 2.54. The Morgan fingerprint density at radius 2 is 1.46 bits per heavy atom. The van der Waals surface area contributed by atoms with E-state index in [9.17, 15) is 27.6 Å². The van der Waals surface area contributed by atoms with Crippen LogP contribution in [0.25, 0.3) is 32.8 Å². The zero-order chi connectivity index (χ0) is 48.6. The van der Waals surface area contributed by atoms with Crippen molar-refractivity contribution in [3.05, 3.63) is 69.2 Å². The number of carbonyl (C=O) groups excluding carboxylic acids is 1. The van der Waals surface area contributed by atoms with E-state index in [0.29, 0.717) is 58.0 Å². The summed E-state index contributed by atoms with van der Waals surface area (Å²) in [6, 6.07) is 4.24. The number of ether oxygens (including phenoxy) is 3. The molecule has 68 heavy (non-hydrogen) atoms. The second-order valence-electron chi connectivity index (χ2n) is 20.3. The number of alkyl halides is 3. The average Bonchev–Trinajstić information content (AvgIpc) is 3.72. The Balaban J connectivity index is 0.000000161. The van der Waals surface area contributed by atoms with Gasteiger partial charge in [-0.3, -0.25) is 4.90 Å². The van der Waals surface area contributed by atoms with E-state index in [-0.39, 0.29) is 82.8 Å². The molecule has 8 atom stereocenters. The van der Waals surface area contributed by atoms with Crippen LogP contribution in [0.3, 0.4) is 0 Å². The standard InChI is InChI=1S/C27H25F4N5O.C23H29FN4O3/c1-11-7-15(9-32)8-17(21(11)27(29,30)31)23-22(28)19-12(2)13(3)33-25-20(19)26(35-23)37-14(4)24-18-6-5-16(34-18)10-36(24)25;1-11-12(2)26-20-18-17(11)15(24)9-25-21(18)30-13(3)19-16-8-7-14(10-27(19)20)28(16)22(29)31-23(4,5)6/h7-8,14,16,18,24,34H,5-6,10H2,1-4H3;9,13-14,16,19H,7-8,10H2,1-6H3/t14-,16+,18-,24+;/m0./s1. The van der Waals surface area contributed by atoms with E-state index in [1.807, 2.05) is 59.4 Å². The molecule has 18 heteroatoms. The fraction of sp³-hybridized carbons (Fsp3) is 0.520. The Bertz CT molecular complexity index is 2990. The lowest BCUT2D eigenvalue weighted by atomic mass is 9.93. The molecule has 1 aromatic carbocycles. The van der Waals surface area contributed by atoms with Gasteiger partial charge in [-0.15, -0.1) is 0 Å². The number of amides is 1. The summed E-state index contributed by atoms with van der Waals surface area (Å²) in [6.45, 7) is 19.3. The number of hydrogen-bond donors (Lipinski definition) is 1. The van der Waals surface area contributed by atoms with Crippen molar-refractivity contribution in [1.29, 1.82) is 5.26 Å². The van der Waals surface area contributed by atoms with Crippen LogP contribution in [0.15, 0.2) is 18.3 Å². The first-order valence-corrected chi connectivity index (χ1v) is 23.3. The molecule has 4 bridgehead atoms. The summed E-state index contributed by atoms with van der Waals surface area (Å²) >= 11 is 0. The number of rotatable bonds is 1. The molecule has 13 nitrogen and oxygen atoms in total. The Hall–Kier alpha value is -6.09. The molecule has 6 aliphatic heterocycles. The van der Waals surface area contributed by atoms with Crippen molar-refractivity contribution < 1.29 is 41.0 Å². The van der Waals surface area contributed by atoms with E-state index in [4.69, 9.17) is 24.2 Å². The van der Waals surface area contributed by atoms with Crippen LogP contribution in [0.4, 0.5) is 38.4 Å². The molecule has 10 heterocycles. The van der Waals surface area contributed by atoms with Crippen LogP contribution in [-0.4, -0.2) is 98.1 Å². The van der Waals surface area contributed by atoms with Gasteiger partial charge in [-0.2, -0.15) is 18.4 Å². The second-order valence-corrected chi connectivity index (χ2v) is 20.3. The number of carbonyl (C=O) groups is 1. The molecular formula is C50H54F5N9O4. The molecule has 4 aromatic heterocycles. The fourth-order valence-corrected chi connectivity index (χ4v) is 11.8. The van der Waals surface area contributed by atoms with Crippen molar-refractivity contribution in [3.63, 3.8) is 0 Å². The van der Waals surface area contributed by atoms with Crippen molar-refractivity contribution in [2.75, 3.05) is 22.9 Å². The first kappa shape index (κ1) is 45.7. The largest absolute Gasteiger partial charge is 0.472 e. The van der Waals surface area contributed by atoms with Gasteiger partial charge in [0.1, 0.15) is 41.0 Å². The zero-order valence-electron chi connectivity index (χ0n) is 39.7. The van der Waals surface area contributed by atoms with Gasteiger partial charge < -0.3 is 29.3 Å². The Kier molecular flexibility index (Phi) is 10.7. The number of aromatic nitrogens is 4. The monoisotopic (exact) mass is 939 g/mol. The number of halogens is 5. The summed E-state index contributed by atoms with van der Waals surface area (Å²) < 4.78 is 92.3. The van der Waals surface area contributed by atoms with Crippen LogP contribution < -0.4 is 24.6 Å². The maximum absolute atomic E-state index is 16.4. The van der Waals surface area contributed by atoms with Crippen LogP contribution in [0.2, 0.25) is 0 Å². The second kappa shape index (κ2) is 16.0. The van der Waals surface area contributed by atoms with Gasteiger partial charge in [-0.05, 0) is 124 Å². The lowest BCUT2D eigenvalue weighted by molar-refractivity contribution is -0.137. The topological polar surface area (TPSA) is 142 Å². The summed E-state index contributed by atoms with van der Waals surface area (Å²) in [7, 11) is 0. The van der Waals surface area contributed by atoms with Gasteiger partial charge in [0.15, 0.2) is 5.82 Å². The molecule has 0 saturated carbocycles. The molecule has 5 aromatic rings. The minimum atomic E-state index is -4.78. The van der Waals surface area contributed by atoms with Gasteiger partial charge in [-0.1, -0.05) is 0 Å². The SMILES string of the molecule is Cc1cc(C#N)cc(-c2nc3c4c(nc(C)c(C)c4c2F)N2C[C@H]4CC[C@H](N4)[C@H]2[C@H](C)O3)c1C(F)(F)F.Cc1nc2c3c(ncc(F)c3c1C)OC(C)C1C3CCC(CN21)N3C(=O)OC(C)(C)C. The molecule has 11 rings (SSSR count). The zero-order valence-corrected chi connectivity index (χ0v) is 39.7. The van der Waals surface area contributed by atoms with Crippen LogP contribution in [0.5, 0.6) is 11.8 Å². The van der Waals surface area contributed by atoms with Crippen molar-refractivity contribution in [3.8, 4) is 29.1 Å². The van der Waals surface area contributed by atoms with Gasteiger partial charge in [0.2, 0.25) is 11.8 Å². The third kappa shape index (κ3) is 7.20. The summed E-state index contributed by atoms with van der Waals surface area (Å²) in [5.74, 6) is 0.474. The number of nitrogens with zero attached hydrogens (tertiary/aromatic N) is 8. The van der Waals surface area contributed by atoms with Crippen LogP contribution in [0, 0.1) is 57.6 Å². The van der Waals surface area contributed by atoms with Crippen molar-refractivity contribution in [2.45, 2.75) is 155 Å². The number of anilines is 2. The van der Waals surface area contributed by atoms with Crippen molar-refractivity contribution in [2.24, 2.45) is 0 Å². The lowest BCUT2D eigenvalue weighted by Gasteiger charge is -2.48. The molecule has 4 saturated heterocycles. The van der Waals surface area contributed by atoms with E-state index in [0.717, 1.165) is 49.1 Å². The highest BCUT2D eigenvalue weighted by Crippen LogP contribution is 2.49. The van der Waals surface area contributed by atoms with Gasteiger partial charge in [0.25, 0.3) is 0 Å². The Morgan fingerprint density at radius 1 is 0.824 bits per heavy atom. The number of pyridine rings is 4. The maximum atomic E-state index is 16.4. The van der Waals surface area contributed by atoms with E-state index in [1.54, 1.807) is 13.8 Å². The highest BCUT2D eigenvalue weighted by atomic mass is 19.4. The summed E-state index contributed by atoms with van der Waals surface area (Å²) in [5.41, 5.74) is -0.0473. The molecule has 6 aliphatic rings. The molecular weight excluding hydrogens is 886 g/mol.